The maximum atomic E-state index is 13.2. The van der Waals surface area contributed by atoms with Crippen molar-refractivity contribution in [3.63, 3.8) is 0 Å². The fourth-order valence-electron chi connectivity index (χ4n) is 8.38. The summed E-state index contributed by atoms with van der Waals surface area (Å²) in [6.07, 6.45) is 6.78. The minimum Gasteiger partial charge on any atom is -0.488 e. The highest BCUT2D eigenvalue weighted by Crippen LogP contribution is 2.52. The van der Waals surface area contributed by atoms with E-state index in [4.69, 9.17) is 37.7 Å². The monoisotopic (exact) mass is 743 g/mol. The predicted molar refractivity (Wildman–Crippen MR) is 203 cm³/mol. The van der Waals surface area contributed by atoms with Gasteiger partial charge in [-0.25, -0.2) is 4.98 Å². The zero-order chi connectivity index (χ0) is 36.3. The number of carbonyl (C=O) groups excluding carboxylic acids is 2. The van der Waals surface area contributed by atoms with Crippen molar-refractivity contribution in [3.8, 4) is 45.1 Å². The van der Waals surface area contributed by atoms with Crippen LogP contribution in [-0.2, 0) is 22.8 Å². The lowest BCUT2D eigenvalue weighted by Gasteiger charge is -2.30. The van der Waals surface area contributed by atoms with Gasteiger partial charge in [-0.3, -0.25) is 9.59 Å². The Hall–Kier alpha value is -3.95. The van der Waals surface area contributed by atoms with Gasteiger partial charge in [0.15, 0.2) is 0 Å². The quantitative estimate of drug-likeness (QED) is 0.168. The van der Waals surface area contributed by atoms with Crippen LogP contribution in [0.25, 0.3) is 33.6 Å². The summed E-state index contributed by atoms with van der Waals surface area (Å²) in [6.45, 7) is 10.8. The van der Waals surface area contributed by atoms with Crippen LogP contribution in [-0.4, -0.2) is 49.7 Å². The van der Waals surface area contributed by atoms with Crippen molar-refractivity contribution in [2.24, 2.45) is 11.8 Å². The van der Waals surface area contributed by atoms with Crippen molar-refractivity contribution in [1.29, 1.82) is 0 Å². The predicted octanol–water partition coefficient (Wildman–Crippen LogP) is 10.0. The van der Waals surface area contributed by atoms with Crippen molar-refractivity contribution in [2.75, 3.05) is 13.1 Å². The number of rotatable bonds is 10. The number of aromatic nitrogens is 3. The lowest BCUT2D eigenvalue weighted by Crippen LogP contribution is -2.32. The molecule has 11 heteroatoms. The lowest BCUT2D eigenvalue weighted by molar-refractivity contribution is -0.134. The fraction of sp³-hybridized carbons (Fsp3) is 0.488. The van der Waals surface area contributed by atoms with E-state index in [2.05, 4.69) is 55.9 Å². The van der Waals surface area contributed by atoms with Crippen molar-refractivity contribution in [3.05, 3.63) is 63.2 Å². The van der Waals surface area contributed by atoms with Gasteiger partial charge in [0, 0.05) is 65.0 Å². The van der Waals surface area contributed by atoms with Crippen LogP contribution in [0.5, 0.6) is 11.5 Å². The summed E-state index contributed by atoms with van der Waals surface area (Å²) in [5.74, 6) is 3.39. The Labute approximate surface area is 315 Å². The molecule has 2 aromatic heterocycles. The molecule has 0 bridgehead atoms. The topological polar surface area (TPSA) is 104 Å². The third kappa shape index (κ3) is 6.27. The molecule has 2 aromatic carbocycles. The van der Waals surface area contributed by atoms with Crippen LogP contribution in [0.4, 0.5) is 0 Å². The SMILES string of the molecule is CC[C@H](C)CC(=O)N1CCC[C@H]1c1cc(Cl)c(-c2cc3c4c(c2)OCc2cc(-c5nc([C@@H]6CCCN6C(=O)C[C@@H](C)CC)[nH]c5Cl)cc(c2-4)OC3)[nH]1. The Morgan fingerprint density at radius 1 is 0.808 bits per heavy atom. The van der Waals surface area contributed by atoms with Crippen LogP contribution in [0.15, 0.2) is 30.3 Å². The van der Waals surface area contributed by atoms with Crippen LogP contribution in [0.2, 0.25) is 10.2 Å². The third-order valence-corrected chi connectivity index (χ3v) is 12.2. The Bertz CT molecular complexity index is 1840. The largest absolute Gasteiger partial charge is 0.488 e. The molecule has 4 aromatic rings. The molecule has 9 nitrogen and oxygen atoms in total. The summed E-state index contributed by atoms with van der Waals surface area (Å²) in [4.78, 5) is 42.2. The van der Waals surface area contributed by atoms with Gasteiger partial charge >= 0.3 is 0 Å². The molecule has 0 aliphatic carbocycles. The van der Waals surface area contributed by atoms with Gasteiger partial charge in [0.25, 0.3) is 0 Å². The summed E-state index contributed by atoms with van der Waals surface area (Å²) < 4.78 is 12.9. The molecular weight excluding hydrogens is 697 g/mol. The van der Waals surface area contributed by atoms with Crippen molar-refractivity contribution >= 4 is 35.0 Å². The molecule has 0 unspecified atom stereocenters. The minimum absolute atomic E-state index is 0.00435. The molecule has 0 spiro atoms. The molecule has 4 atom stereocenters. The van der Waals surface area contributed by atoms with E-state index in [9.17, 15) is 9.59 Å². The summed E-state index contributed by atoms with van der Waals surface area (Å²) in [7, 11) is 0. The smallest absolute Gasteiger partial charge is 0.223 e. The number of hydrogen-bond acceptors (Lipinski definition) is 5. The van der Waals surface area contributed by atoms with Gasteiger partial charge in [-0.1, -0.05) is 63.7 Å². The molecule has 4 aliphatic rings. The number of hydrogen-bond donors (Lipinski definition) is 2. The lowest BCUT2D eigenvalue weighted by atomic mass is 9.87. The maximum Gasteiger partial charge on any atom is 0.223 e. The number of carbonyl (C=O) groups is 2. The number of benzene rings is 2. The van der Waals surface area contributed by atoms with Gasteiger partial charge < -0.3 is 29.2 Å². The van der Waals surface area contributed by atoms with Gasteiger partial charge in [0.1, 0.15) is 41.4 Å². The van der Waals surface area contributed by atoms with E-state index in [0.29, 0.717) is 53.8 Å². The zero-order valence-corrected chi connectivity index (χ0v) is 31.9. The van der Waals surface area contributed by atoms with E-state index in [-0.39, 0.29) is 23.9 Å². The van der Waals surface area contributed by atoms with Crippen LogP contribution >= 0.6 is 23.2 Å². The highest BCUT2D eigenvalue weighted by Gasteiger charge is 2.36. The molecule has 2 fully saturated rings. The van der Waals surface area contributed by atoms with Gasteiger partial charge in [0.2, 0.25) is 11.8 Å². The number of nitrogens with one attached hydrogen (secondary N) is 2. The number of nitrogens with zero attached hydrogens (tertiary/aromatic N) is 3. The van der Waals surface area contributed by atoms with Gasteiger partial charge in [0.05, 0.1) is 22.8 Å². The molecule has 2 saturated heterocycles. The van der Waals surface area contributed by atoms with E-state index < -0.39 is 0 Å². The number of H-pyrrole nitrogens is 2. The molecule has 4 aliphatic heterocycles. The van der Waals surface area contributed by atoms with Gasteiger partial charge in [-0.15, -0.1) is 0 Å². The molecule has 52 heavy (non-hydrogen) atoms. The van der Waals surface area contributed by atoms with Crippen molar-refractivity contribution in [1.82, 2.24) is 24.8 Å². The van der Waals surface area contributed by atoms with Crippen LogP contribution in [0.1, 0.15) is 114 Å². The summed E-state index contributed by atoms with van der Waals surface area (Å²) in [5.41, 5.74) is 8.29. The van der Waals surface area contributed by atoms with E-state index in [1.54, 1.807) is 0 Å². The zero-order valence-electron chi connectivity index (χ0n) is 30.4. The maximum absolute atomic E-state index is 13.2. The number of amides is 2. The number of aromatic amines is 2. The third-order valence-electron chi connectivity index (χ3n) is 11.7. The van der Waals surface area contributed by atoms with Crippen LogP contribution in [0.3, 0.4) is 0 Å². The second kappa shape index (κ2) is 14.1. The second-order valence-electron chi connectivity index (χ2n) is 15.3. The first-order valence-electron chi connectivity index (χ1n) is 19.0. The summed E-state index contributed by atoms with van der Waals surface area (Å²) >= 11 is 13.7. The first-order valence-corrected chi connectivity index (χ1v) is 19.7. The van der Waals surface area contributed by atoms with Gasteiger partial charge in [-0.05, 0) is 67.9 Å². The first kappa shape index (κ1) is 35.1. The Morgan fingerprint density at radius 3 is 1.98 bits per heavy atom. The average Bonchev–Trinajstić information content (AvgIpc) is 3.96. The van der Waals surface area contributed by atoms with E-state index >= 15 is 0 Å². The highest BCUT2D eigenvalue weighted by atomic mass is 35.5. The summed E-state index contributed by atoms with van der Waals surface area (Å²) in [6, 6.07) is 10.2. The number of ether oxygens (including phenoxy) is 2. The Morgan fingerprint density at radius 2 is 1.37 bits per heavy atom. The molecule has 2 amide bonds. The average molecular weight is 745 g/mol. The van der Waals surface area contributed by atoms with Crippen LogP contribution in [0, 0.1) is 11.8 Å². The summed E-state index contributed by atoms with van der Waals surface area (Å²) in [5, 5.41) is 1.07. The first-order chi connectivity index (χ1) is 25.1. The minimum atomic E-state index is -0.111. The second-order valence-corrected chi connectivity index (χ2v) is 16.0. The molecule has 8 rings (SSSR count). The molecule has 0 saturated carbocycles. The van der Waals surface area contributed by atoms with Crippen molar-refractivity contribution < 1.29 is 19.1 Å². The van der Waals surface area contributed by atoms with E-state index in [0.717, 1.165) is 114 Å². The Kier molecular flexibility index (Phi) is 9.53. The molecule has 6 heterocycles. The van der Waals surface area contributed by atoms with Gasteiger partial charge in [-0.2, -0.15) is 0 Å². The van der Waals surface area contributed by atoms with Crippen molar-refractivity contribution in [2.45, 2.75) is 104 Å². The highest BCUT2D eigenvalue weighted by molar-refractivity contribution is 6.33. The normalized spacial score (nSPS) is 20.0. The Balaban J connectivity index is 1.06. The standard InChI is InChI=1S/C41H47Cl2N5O4/c1-5-22(3)13-34(49)47-11-7-9-30(47)29-19-28(42)38(44-29)24-15-26-20-52-33-18-25(16-27-21-51-32(17-24)36(26)37(27)33)39-40(43)46-41(45-39)31-10-8-12-48(31)35(50)14-23(4)6-2/h15-19,22-23,30-31,44H,5-14,20-21H2,1-4H3,(H,45,46)/t22-,23-,30-,31-/m0/s1. The molecular formula is C41H47Cl2N5O4. The number of halogens is 2. The number of likely N-dealkylation sites (tertiary alicyclic amines) is 2. The van der Waals surface area contributed by atoms with E-state index in [1.807, 2.05) is 21.9 Å². The number of imidazole rings is 1. The molecule has 0 radical (unpaired) electrons. The molecule has 2 N–H and O–H groups in total. The van der Waals surface area contributed by atoms with E-state index in [1.165, 1.54) is 0 Å². The fourth-order valence-corrected chi connectivity index (χ4v) is 8.90. The molecule has 274 valence electrons. The van der Waals surface area contributed by atoms with Crippen LogP contribution < -0.4 is 9.47 Å².